The minimum Gasteiger partial charge on any atom is -0.493 e. The first-order chi connectivity index (χ1) is 12.4. The fourth-order valence-electron chi connectivity index (χ4n) is 2.02. The number of non-ortho nitro benzene ring substituents is 1. The summed E-state index contributed by atoms with van der Waals surface area (Å²) in [7, 11) is 3.00. The van der Waals surface area contributed by atoms with Crippen molar-refractivity contribution in [1.29, 1.82) is 0 Å². The standard InChI is InChI=1S/C15H13BrN4O6/c1-25-14-5-9(11(16)7-15(14)26-2)8-17-18-12-4-3-10(19(21)22)6-13(12)20(23)24/h3-8,18H,1-2H3/b17-8-. The highest BCUT2D eigenvalue weighted by molar-refractivity contribution is 9.10. The van der Waals surface area contributed by atoms with Crippen LogP contribution in [0.4, 0.5) is 17.1 Å². The van der Waals surface area contributed by atoms with Crippen molar-refractivity contribution >= 4 is 39.2 Å². The topological polar surface area (TPSA) is 129 Å². The van der Waals surface area contributed by atoms with Crippen molar-refractivity contribution in [2.75, 3.05) is 19.6 Å². The van der Waals surface area contributed by atoms with Gasteiger partial charge in [0.1, 0.15) is 5.69 Å². The third-order valence-corrected chi connectivity index (χ3v) is 3.97. The average Bonchev–Trinajstić information content (AvgIpc) is 2.62. The predicted octanol–water partition coefficient (Wildman–Crippen LogP) is 3.73. The van der Waals surface area contributed by atoms with Gasteiger partial charge < -0.3 is 9.47 Å². The van der Waals surface area contributed by atoms with Crippen LogP contribution in [0, 0.1) is 20.2 Å². The summed E-state index contributed by atoms with van der Waals surface area (Å²) in [6.07, 6.45) is 1.41. The van der Waals surface area contributed by atoms with Gasteiger partial charge in [0, 0.05) is 16.1 Å². The molecule has 0 aromatic heterocycles. The zero-order chi connectivity index (χ0) is 19.3. The molecule has 0 atom stereocenters. The van der Waals surface area contributed by atoms with Gasteiger partial charge in [0.2, 0.25) is 0 Å². The highest BCUT2D eigenvalue weighted by Crippen LogP contribution is 2.33. The lowest BCUT2D eigenvalue weighted by Gasteiger charge is -2.09. The van der Waals surface area contributed by atoms with E-state index in [-0.39, 0.29) is 11.4 Å². The molecule has 0 unspecified atom stereocenters. The number of hydrogen-bond acceptors (Lipinski definition) is 8. The van der Waals surface area contributed by atoms with Gasteiger partial charge in [-0.2, -0.15) is 5.10 Å². The minimum absolute atomic E-state index is 0.0217. The third-order valence-electron chi connectivity index (χ3n) is 3.28. The van der Waals surface area contributed by atoms with Gasteiger partial charge in [-0.1, -0.05) is 0 Å². The number of halogens is 1. The van der Waals surface area contributed by atoms with Gasteiger partial charge in [0.25, 0.3) is 5.69 Å². The van der Waals surface area contributed by atoms with Gasteiger partial charge in [0.05, 0.1) is 36.3 Å². The third kappa shape index (κ3) is 4.25. The largest absolute Gasteiger partial charge is 0.493 e. The van der Waals surface area contributed by atoms with Crippen molar-refractivity contribution in [3.05, 3.63) is 60.6 Å². The van der Waals surface area contributed by atoms with Crippen molar-refractivity contribution in [2.24, 2.45) is 5.10 Å². The number of hydrazone groups is 1. The second-order valence-corrected chi connectivity index (χ2v) is 5.67. The summed E-state index contributed by atoms with van der Waals surface area (Å²) in [5.41, 5.74) is 2.32. The molecule has 11 heteroatoms. The van der Waals surface area contributed by atoms with Gasteiger partial charge in [-0.15, -0.1) is 0 Å². The number of nitrogens with one attached hydrogen (secondary N) is 1. The summed E-state index contributed by atoms with van der Waals surface area (Å²) in [6.45, 7) is 0. The Labute approximate surface area is 155 Å². The van der Waals surface area contributed by atoms with E-state index in [1.165, 1.54) is 26.5 Å². The zero-order valence-corrected chi connectivity index (χ0v) is 15.2. The molecule has 1 N–H and O–H groups in total. The maximum atomic E-state index is 11.1. The normalized spacial score (nSPS) is 10.6. The summed E-state index contributed by atoms with van der Waals surface area (Å²) in [4.78, 5) is 20.4. The fraction of sp³-hybridized carbons (Fsp3) is 0.133. The van der Waals surface area contributed by atoms with E-state index < -0.39 is 15.5 Å². The molecular formula is C15H13BrN4O6. The lowest BCUT2D eigenvalue weighted by atomic mass is 10.2. The van der Waals surface area contributed by atoms with Crippen LogP contribution >= 0.6 is 15.9 Å². The molecule has 0 bridgehead atoms. The Morgan fingerprint density at radius 2 is 1.73 bits per heavy atom. The van der Waals surface area contributed by atoms with Crippen LogP contribution < -0.4 is 14.9 Å². The molecule has 0 aliphatic carbocycles. The quantitative estimate of drug-likeness (QED) is 0.407. The first kappa shape index (κ1) is 19.1. The summed E-state index contributed by atoms with van der Waals surface area (Å²) < 4.78 is 11.0. The molecular weight excluding hydrogens is 412 g/mol. The fourth-order valence-corrected chi connectivity index (χ4v) is 2.44. The SMILES string of the molecule is COc1cc(Br)c(/C=N\Nc2ccc([N+](=O)[O-])cc2[N+](=O)[O-])cc1OC. The Balaban J connectivity index is 2.28. The molecule has 0 radical (unpaired) electrons. The molecule has 2 aromatic carbocycles. The van der Waals surface area contributed by atoms with Crippen molar-refractivity contribution in [3.8, 4) is 11.5 Å². The first-order valence-corrected chi connectivity index (χ1v) is 7.80. The van der Waals surface area contributed by atoms with E-state index in [4.69, 9.17) is 9.47 Å². The number of methoxy groups -OCH3 is 2. The average molecular weight is 425 g/mol. The Kier molecular flexibility index (Phi) is 6.07. The number of nitro benzene ring substituents is 2. The molecule has 2 aromatic rings. The van der Waals surface area contributed by atoms with E-state index in [1.54, 1.807) is 12.1 Å². The predicted molar refractivity (Wildman–Crippen MR) is 98.2 cm³/mol. The van der Waals surface area contributed by atoms with Crippen molar-refractivity contribution in [3.63, 3.8) is 0 Å². The highest BCUT2D eigenvalue weighted by Gasteiger charge is 2.19. The van der Waals surface area contributed by atoms with E-state index in [2.05, 4.69) is 26.5 Å². The van der Waals surface area contributed by atoms with Crippen LogP contribution in [0.15, 0.2) is 39.9 Å². The second kappa shape index (κ2) is 8.25. The summed E-state index contributed by atoms with van der Waals surface area (Å²) >= 11 is 3.36. The number of rotatable bonds is 7. The number of anilines is 1. The number of nitrogens with zero attached hydrogens (tertiary/aromatic N) is 3. The van der Waals surface area contributed by atoms with Gasteiger partial charge in [-0.3, -0.25) is 25.7 Å². The number of nitro groups is 2. The Morgan fingerprint density at radius 1 is 1.08 bits per heavy atom. The summed E-state index contributed by atoms with van der Waals surface area (Å²) in [5, 5.41) is 25.8. The molecule has 26 heavy (non-hydrogen) atoms. The molecule has 0 saturated carbocycles. The van der Waals surface area contributed by atoms with Crippen molar-refractivity contribution in [2.45, 2.75) is 0 Å². The lowest BCUT2D eigenvalue weighted by molar-refractivity contribution is -0.393. The molecule has 0 heterocycles. The maximum absolute atomic E-state index is 11.1. The maximum Gasteiger partial charge on any atom is 0.301 e. The van der Waals surface area contributed by atoms with Crippen LogP contribution in [0.5, 0.6) is 11.5 Å². The van der Waals surface area contributed by atoms with E-state index in [0.29, 0.717) is 21.5 Å². The Hall–Kier alpha value is -3.21. The number of hydrogen-bond donors (Lipinski definition) is 1. The van der Waals surface area contributed by atoms with Crippen molar-refractivity contribution < 1.29 is 19.3 Å². The van der Waals surface area contributed by atoms with Crippen LogP contribution in [-0.4, -0.2) is 30.3 Å². The molecule has 0 saturated heterocycles. The molecule has 2 rings (SSSR count). The second-order valence-electron chi connectivity index (χ2n) is 4.81. The molecule has 136 valence electrons. The molecule has 0 amide bonds. The van der Waals surface area contributed by atoms with Crippen LogP contribution in [0.1, 0.15) is 5.56 Å². The molecule has 0 fully saturated rings. The zero-order valence-electron chi connectivity index (χ0n) is 13.6. The number of benzene rings is 2. The lowest BCUT2D eigenvalue weighted by Crippen LogP contribution is -1.99. The van der Waals surface area contributed by atoms with Crippen molar-refractivity contribution in [1.82, 2.24) is 0 Å². The molecule has 0 spiro atoms. The van der Waals surface area contributed by atoms with Crippen LogP contribution in [0.3, 0.4) is 0 Å². The van der Waals surface area contributed by atoms with Gasteiger partial charge in [-0.05, 0) is 34.1 Å². The van der Waals surface area contributed by atoms with E-state index in [9.17, 15) is 20.2 Å². The molecule has 0 aliphatic rings. The Morgan fingerprint density at radius 3 is 2.31 bits per heavy atom. The molecule has 10 nitrogen and oxygen atoms in total. The Bertz CT molecular complexity index is 887. The monoisotopic (exact) mass is 424 g/mol. The van der Waals surface area contributed by atoms with E-state index in [0.717, 1.165) is 12.1 Å². The summed E-state index contributed by atoms with van der Waals surface area (Å²) in [5.74, 6) is 1.01. The molecule has 0 aliphatic heterocycles. The van der Waals surface area contributed by atoms with Crippen LogP contribution in [0.25, 0.3) is 0 Å². The van der Waals surface area contributed by atoms with Gasteiger partial charge >= 0.3 is 5.69 Å². The van der Waals surface area contributed by atoms with Crippen LogP contribution in [-0.2, 0) is 0 Å². The van der Waals surface area contributed by atoms with E-state index >= 15 is 0 Å². The summed E-state index contributed by atoms with van der Waals surface area (Å²) in [6, 6.07) is 6.59. The first-order valence-electron chi connectivity index (χ1n) is 7.00. The van der Waals surface area contributed by atoms with Gasteiger partial charge in [0.15, 0.2) is 11.5 Å². The minimum atomic E-state index is -0.725. The van der Waals surface area contributed by atoms with Crippen LogP contribution in [0.2, 0.25) is 0 Å². The van der Waals surface area contributed by atoms with E-state index in [1.807, 2.05) is 0 Å². The smallest absolute Gasteiger partial charge is 0.301 e. The van der Waals surface area contributed by atoms with Gasteiger partial charge in [-0.25, -0.2) is 0 Å². The number of ether oxygens (including phenoxy) is 2. The highest BCUT2D eigenvalue weighted by atomic mass is 79.9.